The molecule has 19 heavy (non-hydrogen) atoms. The highest BCUT2D eigenvalue weighted by molar-refractivity contribution is 5.80. The zero-order valence-electron chi connectivity index (χ0n) is 12.0. The average Bonchev–Trinajstić information content (AvgIpc) is 3.19. The second-order valence-electron chi connectivity index (χ2n) is 5.89. The molecule has 2 fully saturated rings. The van der Waals surface area contributed by atoms with Gasteiger partial charge in [0.25, 0.3) is 5.91 Å². The van der Waals surface area contributed by atoms with Gasteiger partial charge in [0.15, 0.2) is 0 Å². The quantitative estimate of drug-likeness (QED) is 0.755. The molecule has 1 aliphatic heterocycles. The van der Waals surface area contributed by atoms with Crippen molar-refractivity contribution in [1.82, 2.24) is 9.80 Å². The molecule has 0 radical (unpaired) electrons. The first-order valence-corrected chi connectivity index (χ1v) is 7.37. The van der Waals surface area contributed by atoms with Crippen LogP contribution in [0, 0.1) is 5.92 Å². The van der Waals surface area contributed by atoms with E-state index in [1.54, 1.807) is 6.92 Å². The molecular weight excluding hydrogens is 244 g/mol. The minimum atomic E-state index is -0.316. The number of rotatable bonds is 6. The Hall–Kier alpha value is -0.650. The van der Waals surface area contributed by atoms with Gasteiger partial charge in [-0.25, -0.2) is 0 Å². The van der Waals surface area contributed by atoms with E-state index in [1.807, 2.05) is 11.8 Å². The van der Waals surface area contributed by atoms with Gasteiger partial charge in [-0.15, -0.1) is 0 Å². The summed E-state index contributed by atoms with van der Waals surface area (Å²) in [6, 6.07) is 0. The molecule has 1 saturated carbocycles. The molecule has 0 unspecified atom stereocenters. The molecule has 2 atom stereocenters. The third-order valence-corrected chi connectivity index (χ3v) is 3.83. The molecule has 0 bridgehead atoms. The van der Waals surface area contributed by atoms with Gasteiger partial charge in [-0.05, 0) is 32.6 Å². The maximum atomic E-state index is 12.2. The second kappa shape index (κ2) is 6.68. The molecule has 2 aliphatic rings. The highest BCUT2D eigenvalue weighted by Gasteiger charge is 2.28. The van der Waals surface area contributed by atoms with E-state index < -0.39 is 0 Å². The van der Waals surface area contributed by atoms with Crippen molar-refractivity contribution in [2.45, 2.75) is 38.9 Å². The molecule has 110 valence electrons. The summed E-state index contributed by atoms with van der Waals surface area (Å²) in [5.41, 5.74) is 0. The number of nitrogens with zero attached hydrogens (tertiary/aromatic N) is 2. The van der Waals surface area contributed by atoms with Crippen LogP contribution in [0.25, 0.3) is 0 Å². The number of amides is 1. The zero-order chi connectivity index (χ0) is 13.8. The Morgan fingerprint density at radius 2 is 1.89 bits per heavy atom. The summed E-state index contributed by atoms with van der Waals surface area (Å²) < 4.78 is 5.63. The Morgan fingerprint density at radius 3 is 2.42 bits per heavy atom. The molecule has 1 aliphatic carbocycles. The van der Waals surface area contributed by atoms with Crippen molar-refractivity contribution >= 4 is 5.91 Å². The number of carbonyl (C=O) groups excluding carboxylic acids is 1. The number of ether oxygens (including phenoxy) is 1. The number of aliphatic hydroxyl groups is 1. The van der Waals surface area contributed by atoms with Gasteiger partial charge in [-0.3, -0.25) is 9.69 Å². The molecule has 5 heteroatoms. The van der Waals surface area contributed by atoms with Crippen molar-refractivity contribution in [2.75, 3.05) is 39.3 Å². The Balaban J connectivity index is 1.68. The van der Waals surface area contributed by atoms with E-state index in [-0.39, 0.29) is 18.1 Å². The fraction of sp³-hybridized carbons (Fsp3) is 0.929. The maximum Gasteiger partial charge on any atom is 0.251 e. The van der Waals surface area contributed by atoms with E-state index >= 15 is 0 Å². The third-order valence-electron chi connectivity index (χ3n) is 3.83. The van der Waals surface area contributed by atoms with Gasteiger partial charge >= 0.3 is 0 Å². The predicted molar refractivity (Wildman–Crippen MR) is 72.8 cm³/mol. The number of hydrogen-bond donors (Lipinski definition) is 1. The Kier molecular flexibility index (Phi) is 5.19. The van der Waals surface area contributed by atoms with Gasteiger partial charge in [-0.1, -0.05) is 0 Å². The third kappa shape index (κ3) is 4.75. The fourth-order valence-corrected chi connectivity index (χ4v) is 2.42. The normalized spacial score (nSPS) is 24.3. The Bertz CT molecular complexity index is 297. The lowest BCUT2D eigenvalue weighted by molar-refractivity contribution is -0.144. The number of piperazine rings is 1. The largest absolute Gasteiger partial charge is 0.392 e. The van der Waals surface area contributed by atoms with E-state index in [4.69, 9.17) is 4.74 Å². The Labute approximate surface area is 115 Å². The van der Waals surface area contributed by atoms with Crippen LogP contribution in [0.15, 0.2) is 0 Å². The van der Waals surface area contributed by atoms with E-state index in [1.165, 1.54) is 12.8 Å². The van der Waals surface area contributed by atoms with Crippen LogP contribution in [-0.4, -0.2) is 72.4 Å². The molecule has 0 aromatic rings. The highest BCUT2D eigenvalue weighted by Crippen LogP contribution is 2.29. The summed E-state index contributed by atoms with van der Waals surface area (Å²) in [6.07, 6.45) is 1.88. The molecule has 0 aromatic heterocycles. The van der Waals surface area contributed by atoms with E-state index in [0.717, 1.165) is 32.8 Å². The molecule has 1 heterocycles. The highest BCUT2D eigenvalue weighted by atomic mass is 16.5. The van der Waals surface area contributed by atoms with Gasteiger partial charge in [0.2, 0.25) is 0 Å². The minimum absolute atomic E-state index is 0.109. The first-order valence-electron chi connectivity index (χ1n) is 7.37. The van der Waals surface area contributed by atoms with Gasteiger partial charge < -0.3 is 14.7 Å². The average molecular weight is 270 g/mol. The molecule has 1 N–H and O–H groups in total. The van der Waals surface area contributed by atoms with Gasteiger partial charge in [-0.2, -0.15) is 0 Å². The number of carbonyl (C=O) groups is 1. The van der Waals surface area contributed by atoms with Crippen molar-refractivity contribution in [3.05, 3.63) is 0 Å². The standard InChI is InChI=1S/C14H26N2O3/c1-11(17)9-15-5-7-16(8-6-15)14(18)12(2)19-10-13-3-4-13/h11-13,17H,3-10H2,1-2H3/t11-,12-/m0/s1. The van der Waals surface area contributed by atoms with Gasteiger partial charge in [0.1, 0.15) is 6.10 Å². The van der Waals surface area contributed by atoms with Crippen LogP contribution >= 0.6 is 0 Å². The van der Waals surface area contributed by atoms with Gasteiger partial charge in [0.05, 0.1) is 12.7 Å². The molecule has 0 aromatic carbocycles. The molecule has 0 spiro atoms. The summed E-state index contributed by atoms with van der Waals surface area (Å²) >= 11 is 0. The van der Waals surface area contributed by atoms with Crippen LogP contribution in [0.4, 0.5) is 0 Å². The zero-order valence-corrected chi connectivity index (χ0v) is 12.0. The first kappa shape index (κ1) is 14.8. The molecule has 1 amide bonds. The second-order valence-corrected chi connectivity index (χ2v) is 5.89. The van der Waals surface area contributed by atoms with Crippen LogP contribution in [-0.2, 0) is 9.53 Å². The maximum absolute atomic E-state index is 12.2. The monoisotopic (exact) mass is 270 g/mol. The summed E-state index contributed by atoms with van der Waals surface area (Å²) in [5, 5.41) is 9.35. The van der Waals surface area contributed by atoms with Crippen LogP contribution in [0.3, 0.4) is 0 Å². The topological polar surface area (TPSA) is 53.0 Å². The van der Waals surface area contributed by atoms with Crippen molar-refractivity contribution in [2.24, 2.45) is 5.92 Å². The summed E-state index contributed by atoms with van der Waals surface area (Å²) in [7, 11) is 0. The number of aliphatic hydroxyl groups excluding tert-OH is 1. The first-order chi connectivity index (χ1) is 9.06. The Morgan fingerprint density at radius 1 is 1.26 bits per heavy atom. The van der Waals surface area contributed by atoms with Crippen molar-refractivity contribution in [3.63, 3.8) is 0 Å². The lowest BCUT2D eigenvalue weighted by Crippen LogP contribution is -2.52. The molecule has 2 rings (SSSR count). The number of β-amino-alcohol motifs (C(OH)–C–C–N with tert-alkyl or cyclic N) is 1. The fourth-order valence-electron chi connectivity index (χ4n) is 2.42. The molecule has 1 saturated heterocycles. The van der Waals surface area contributed by atoms with Crippen molar-refractivity contribution in [3.8, 4) is 0 Å². The van der Waals surface area contributed by atoms with Crippen LogP contribution < -0.4 is 0 Å². The summed E-state index contributed by atoms with van der Waals surface area (Å²) in [6.45, 7) is 8.23. The predicted octanol–water partition coefficient (Wildman–Crippen LogP) is 0.327. The van der Waals surface area contributed by atoms with E-state index in [9.17, 15) is 9.90 Å². The lowest BCUT2D eigenvalue weighted by Gasteiger charge is -2.36. The van der Waals surface area contributed by atoms with Crippen LogP contribution in [0.1, 0.15) is 26.7 Å². The SMILES string of the molecule is C[C@H](O)CN1CCN(C(=O)[C@H](C)OCC2CC2)CC1. The summed E-state index contributed by atoms with van der Waals surface area (Å²) in [5.74, 6) is 0.801. The van der Waals surface area contributed by atoms with E-state index in [2.05, 4.69) is 4.90 Å². The van der Waals surface area contributed by atoms with Gasteiger partial charge in [0, 0.05) is 32.7 Å². The number of hydrogen-bond acceptors (Lipinski definition) is 4. The van der Waals surface area contributed by atoms with E-state index in [0.29, 0.717) is 12.5 Å². The van der Waals surface area contributed by atoms with Crippen LogP contribution in [0.2, 0.25) is 0 Å². The van der Waals surface area contributed by atoms with Crippen molar-refractivity contribution in [1.29, 1.82) is 0 Å². The summed E-state index contributed by atoms with van der Waals surface area (Å²) in [4.78, 5) is 16.3. The molecule has 5 nitrogen and oxygen atoms in total. The van der Waals surface area contributed by atoms with Crippen molar-refractivity contribution < 1.29 is 14.6 Å². The smallest absolute Gasteiger partial charge is 0.251 e. The molecular formula is C14H26N2O3. The minimum Gasteiger partial charge on any atom is -0.392 e. The lowest BCUT2D eigenvalue weighted by atomic mass is 10.2. The van der Waals surface area contributed by atoms with Crippen LogP contribution in [0.5, 0.6) is 0 Å².